The molecule has 0 fully saturated rings. The van der Waals surface area contributed by atoms with Gasteiger partial charge in [-0.05, 0) is 0 Å². The molecule has 1 unspecified atom stereocenters. The topological polar surface area (TPSA) is 28.0 Å². The minimum Gasteiger partial charge on any atom is -0.223 e. The highest BCUT2D eigenvalue weighted by atomic mass is 35.5. The second kappa shape index (κ2) is 2.26. The van der Waals surface area contributed by atoms with Crippen LogP contribution in [0.15, 0.2) is 9.98 Å². The summed E-state index contributed by atoms with van der Waals surface area (Å²) in [5.41, 5.74) is 0. The van der Waals surface area contributed by atoms with Crippen molar-refractivity contribution in [1.29, 1.82) is 0 Å². The van der Waals surface area contributed by atoms with Gasteiger partial charge < -0.3 is 0 Å². The van der Waals surface area contributed by atoms with Crippen LogP contribution in [0.3, 0.4) is 0 Å². The van der Waals surface area contributed by atoms with E-state index < -0.39 is 12.5 Å². The molecule has 1 rings (SSSR count). The maximum Gasteiger partial charge on any atom is 0.309 e. The molecule has 3 nitrogen and oxygen atoms in total. The Bertz CT molecular complexity index is 168. The van der Waals surface area contributed by atoms with E-state index in [1.165, 1.54) is 0 Å². The molecule has 0 aromatic heterocycles. The summed E-state index contributed by atoms with van der Waals surface area (Å²) in [7, 11) is 0. The number of hydrogen-bond donors (Lipinski definition) is 0. The standard InChI is InChI=1S/C3H2ClF2N3/c4-9-1-7-2(5)8-3(9)6/h1,3H. The summed E-state index contributed by atoms with van der Waals surface area (Å²) in [6, 6.07) is 0. The van der Waals surface area contributed by atoms with Crippen molar-refractivity contribution >= 4 is 24.2 Å². The molecule has 0 aromatic carbocycles. The largest absolute Gasteiger partial charge is 0.309 e. The molecule has 0 amide bonds. The van der Waals surface area contributed by atoms with Crippen LogP contribution in [-0.2, 0) is 0 Å². The summed E-state index contributed by atoms with van der Waals surface area (Å²) < 4.78 is 24.5. The SMILES string of the molecule is FC1=NC(F)N(Cl)C=N1. The summed E-state index contributed by atoms with van der Waals surface area (Å²) in [6.07, 6.45) is -2.14. The van der Waals surface area contributed by atoms with Crippen LogP contribution in [0.5, 0.6) is 0 Å². The fraction of sp³-hybridized carbons (Fsp3) is 0.333. The number of alkyl halides is 1. The zero-order chi connectivity index (χ0) is 6.85. The lowest BCUT2D eigenvalue weighted by Gasteiger charge is -2.12. The molecular formula is C3H2ClF2N3. The van der Waals surface area contributed by atoms with Crippen molar-refractivity contribution in [2.45, 2.75) is 6.42 Å². The molecule has 9 heavy (non-hydrogen) atoms. The van der Waals surface area contributed by atoms with Crippen LogP contribution in [0.2, 0.25) is 0 Å². The Morgan fingerprint density at radius 2 is 2.44 bits per heavy atom. The predicted molar refractivity (Wildman–Crippen MR) is 29.6 cm³/mol. The van der Waals surface area contributed by atoms with Crippen molar-refractivity contribution < 1.29 is 8.78 Å². The van der Waals surface area contributed by atoms with Gasteiger partial charge in [-0.2, -0.15) is 18.8 Å². The van der Waals surface area contributed by atoms with E-state index in [4.69, 9.17) is 11.8 Å². The molecule has 1 heterocycles. The third-order valence-electron chi connectivity index (χ3n) is 0.691. The number of amidine groups is 1. The summed E-state index contributed by atoms with van der Waals surface area (Å²) in [5.74, 6) is 0. The molecule has 0 aromatic rings. The normalized spacial score (nSPS) is 26.3. The smallest absolute Gasteiger partial charge is 0.223 e. The van der Waals surface area contributed by atoms with Gasteiger partial charge in [0, 0.05) is 11.8 Å². The fourth-order valence-corrected chi connectivity index (χ4v) is 0.421. The average molecular weight is 154 g/mol. The van der Waals surface area contributed by atoms with Crippen LogP contribution in [0, 0.1) is 0 Å². The molecule has 0 spiro atoms. The maximum atomic E-state index is 12.1. The first kappa shape index (κ1) is 6.41. The minimum atomic E-state index is -1.86. The van der Waals surface area contributed by atoms with Crippen LogP contribution in [0.25, 0.3) is 0 Å². The molecule has 1 aliphatic heterocycles. The van der Waals surface area contributed by atoms with Gasteiger partial charge in [-0.25, -0.2) is 4.42 Å². The summed E-state index contributed by atoms with van der Waals surface area (Å²) in [6.45, 7) is 0. The van der Waals surface area contributed by atoms with Gasteiger partial charge >= 0.3 is 6.09 Å². The number of hydrogen-bond acceptors (Lipinski definition) is 3. The zero-order valence-corrected chi connectivity index (χ0v) is 4.89. The molecule has 0 saturated heterocycles. The first-order valence-electron chi connectivity index (χ1n) is 2.06. The molecule has 6 heteroatoms. The molecular weight excluding hydrogens is 152 g/mol. The Morgan fingerprint density at radius 1 is 1.78 bits per heavy atom. The Morgan fingerprint density at radius 3 is 2.89 bits per heavy atom. The van der Waals surface area contributed by atoms with E-state index in [0.29, 0.717) is 4.42 Å². The molecule has 0 aliphatic carbocycles. The van der Waals surface area contributed by atoms with Crippen molar-refractivity contribution in [3.63, 3.8) is 0 Å². The molecule has 1 atom stereocenters. The summed E-state index contributed by atoms with van der Waals surface area (Å²) in [5, 5.41) is 0. The lowest BCUT2D eigenvalue weighted by atomic mass is 10.9. The molecule has 0 saturated carbocycles. The summed E-state index contributed by atoms with van der Waals surface area (Å²) in [4.78, 5) is 5.72. The number of aliphatic imine (C=N–C) groups is 2. The van der Waals surface area contributed by atoms with E-state index in [9.17, 15) is 8.78 Å². The highest BCUT2D eigenvalue weighted by Crippen LogP contribution is 2.08. The Kier molecular flexibility index (Phi) is 1.61. The van der Waals surface area contributed by atoms with Crippen LogP contribution >= 0.6 is 11.8 Å². The summed E-state index contributed by atoms with van der Waals surface area (Å²) >= 11 is 5.07. The Labute approximate surface area is 54.8 Å². The second-order valence-corrected chi connectivity index (χ2v) is 1.69. The van der Waals surface area contributed by atoms with Gasteiger partial charge in [0.25, 0.3) is 6.42 Å². The second-order valence-electron chi connectivity index (χ2n) is 1.30. The van der Waals surface area contributed by atoms with Gasteiger partial charge in [0.2, 0.25) is 0 Å². The third-order valence-corrected chi connectivity index (χ3v) is 0.940. The van der Waals surface area contributed by atoms with Crippen LogP contribution in [-0.4, -0.2) is 23.3 Å². The van der Waals surface area contributed by atoms with E-state index in [1.54, 1.807) is 0 Å². The van der Waals surface area contributed by atoms with Crippen molar-refractivity contribution in [2.75, 3.05) is 0 Å². The van der Waals surface area contributed by atoms with Gasteiger partial charge in [-0.1, -0.05) is 0 Å². The number of rotatable bonds is 0. The van der Waals surface area contributed by atoms with E-state index in [0.717, 1.165) is 6.34 Å². The monoisotopic (exact) mass is 153 g/mol. The minimum absolute atomic E-state index is 0.531. The van der Waals surface area contributed by atoms with E-state index in [1.807, 2.05) is 0 Å². The lowest BCUT2D eigenvalue weighted by Crippen LogP contribution is -2.23. The number of nitrogens with zero attached hydrogens (tertiary/aromatic N) is 3. The van der Waals surface area contributed by atoms with Gasteiger partial charge in [0.05, 0.1) is 0 Å². The third kappa shape index (κ3) is 1.35. The van der Waals surface area contributed by atoms with Crippen LogP contribution in [0.1, 0.15) is 0 Å². The molecule has 0 bridgehead atoms. The van der Waals surface area contributed by atoms with Crippen molar-refractivity contribution in [3.8, 4) is 0 Å². The van der Waals surface area contributed by atoms with Crippen molar-refractivity contribution in [3.05, 3.63) is 0 Å². The van der Waals surface area contributed by atoms with Crippen LogP contribution < -0.4 is 0 Å². The lowest BCUT2D eigenvalue weighted by molar-refractivity contribution is 0.241. The Balaban J connectivity index is 2.70. The van der Waals surface area contributed by atoms with Gasteiger partial charge in [0.1, 0.15) is 6.34 Å². The highest BCUT2D eigenvalue weighted by molar-refractivity contribution is 6.19. The maximum absolute atomic E-state index is 12.1. The van der Waals surface area contributed by atoms with E-state index >= 15 is 0 Å². The van der Waals surface area contributed by atoms with Crippen molar-refractivity contribution in [2.24, 2.45) is 9.98 Å². The van der Waals surface area contributed by atoms with Gasteiger partial charge in [-0.3, -0.25) is 0 Å². The first-order valence-corrected chi connectivity index (χ1v) is 2.39. The highest BCUT2D eigenvalue weighted by Gasteiger charge is 2.15. The van der Waals surface area contributed by atoms with E-state index in [-0.39, 0.29) is 0 Å². The predicted octanol–water partition coefficient (Wildman–Crippen LogP) is 1.06. The zero-order valence-electron chi connectivity index (χ0n) is 4.13. The fourth-order valence-electron chi connectivity index (χ4n) is 0.334. The molecule has 50 valence electrons. The average Bonchev–Trinajstić information content (AvgIpc) is 1.80. The quantitative estimate of drug-likeness (QED) is 0.378. The van der Waals surface area contributed by atoms with Gasteiger partial charge in [0.15, 0.2) is 0 Å². The van der Waals surface area contributed by atoms with Gasteiger partial charge in [-0.15, -0.1) is 0 Å². The van der Waals surface area contributed by atoms with Crippen molar-refractivity contribution in [1.82, 2.24) is 4.42 Å². The molecule has 0 N–H and O–H groups in total. The van der Waals surface area contributed by atoms with Crippen LogP contribution in [0.4, 0.5) is 8.78 Å². The Hall–Kier alpha value is -0.710. The number of halogens is 3. The molecule has 1 aliphatic rings. The molecule has 0 radical (unpaired) electrons. The van der Waals surface area contributed by atoms with E-state index in [2.05, 4.69) is 9.98 Å². The first-order chi connectivity index (χ1) is 4.20.